The summed E-state index contributed by atoms with van der Waals surface area (Å²) >= 11 is 0. The maximum Gasteiger partial charge on any atom is 0.416 e. The number of aromatic nitrogens is 3. The number of methoxy groups -OCH3 is 1. The molecule has 8 nitrogen and oxygen atoms in total. The number of benzene rings is 2. The summed E-state index contributed by atoms with van der Waals surface area (Å²) in [6.07, 6.45) is -12.3. The Morgan fingerprint density at radius 3 is 2.23 bits per heavy atom. The van der Waals surface area contributed by atoms with Gasteiger partial charge < -0.3 is 19.1 Å². The number of anilines is 1. The molecule has 0 spiro atoms. The SMILES string of the molecule is COCCN(Cc1n[nH]nc1N1CCO[C@H](O[C@H](C)c2cc(C(F)(F)F)cc(C(F)(F)F)c2)[C@]1(C)c1ccccc1)C(C)C. The van der Waals surface area contributed by atoms with Crippen LogP contribution < -0.4 is 4.90 Å². The first-order valence-corrected chi connectivity index (χ1v) is 14.2. The molecular formula is C30H37F6N5O3. The van der Waals surface area contributed by atoms with Crippen LogP contribution in [0.4, 0.5) is 32.2 Å². The number of aromatic amines is 1. The van der Waals surface area contributed by atoms with Gasteiger partial charge in [-0.05, 0) is 57.0 Å². The van der Waals surface area contributed by atoms with Crippen molar-refractivity contribution < 1.29 is 40.6 Å². The molecule has 0 amide bonds. The molecule has 44 heavy (non-hydrogen) atoms. The van der Waals surface area contributed by atoms with Crippen molar-refractivity contribution in [2.75, 3.05) is 38.3 Å². The van der Waals surface area contributed by atoms with Crippen LogP contribution in [-0.2, 0) is 38.6 Å². The largest absolute Gasteiger partial charge is 0.416 e. The maximum absolute atomic E-state index is 13.6. The van der Waals surface area contributed by atoms with Gasteiger partial charge in [-0.25, -0.2) is 0 Å². The Hall–Kier alpha value is -3.20. The van der Waals surface area contributed by atoms with E-state index in [1.165, 1.54) is 6.92 Å². The highest BCUT2D eigenvalue weighted by molar-refractivity contribution is 5.50. The van der Waals surface area contributed by atoms with Crippen LogP contribution >= 0.6 is 0 Å². The quantitative estimate of drug-likeness (QED) is 0.241. The fraction of sp³-hybridized carbons (Fsp3) is 0.533. The lowest BCUT2D eigenvalue weighted by Crippen LogP contribution is -2.60. The van der Waals surface area contributed by atoms with Gasteiger partial charge in [-0.15, -0.1) is 5.10 Å². The number of H-pyrrole nitrogens is 1. The van der Waals surface area contributed by atoms with E-state index in [1.807, 2.05) is 42.2 Å². The second-order valence-corrected chi connectivity index (χ2v) is 11.1. The fourth-order valence-electron chi connectivity index (χ4n) is 5.31. The predicted molar refractivity (Wildman–Crippen MR) is 151 cm³/mol. The molecule has 1 aliphatic rings. The second kappa shape index (κ2) is 13.4. The van der Waals surface area contributed by atoms with Crippen molar-refractivity contribution in [2.45, 2.75) is 70.6 Å². The third kappa shape index (κ3) is 7.36. The van der Waals surface area contributed by atoms with E-state index in [-0.39, 0.29) is 24.3 Å². The summed E-state index contributed by atoms with van der Waals surface area (Å²) in [6.45, 7) is 9.49. The van der Waals surface area contributed by atoms with Gasteiger partial charge in [-0.2, -0.15) is 36.7 Å². The highest BCUT2D eigenvalue weighted by Crippen LogP contribution is 2.43. The van der Waals surface area contributed by atoms with Gasteiger partial charge in [0.15, 0.2) is 12.1 Å². The summed E-state index contributed by atoms with van der Waals surface area (Å²) < 4.78 is 99.1. The van der Waals surface area contributed by atoms with E-state index >= 15 is 0 Å². The van der Waals surface area contributed by atoms with E-state index in [9.17, 15) is 26.3 Å². The molecule has 0 saturated carbocycles. The van der Waals surface area contributed by atoms with E-state index in [0.29, 0.717) is 49.9 Å². The van der Waals surface area contributed by atoms with Crippen LogP contribution in [0.3, 0.4) is 0 Å². The number of hydrogen-bond acceptors (Lipinski definition) is 7. The number of ether oxygens (including phenoxy) is 3. The minimum Gasteiger partial charge on any atom is -0.383 e. The number of alkyl halides is 6. The zero-order chi connectivity index (χ0) is 32.3. The van der Waals surface area contributed by atoms with E-state index in [2.05, 4.69) is 34.2 Å². The summed E-state index contributed by atoms with van der Waals surface area (Å²) in [5, 5.41) is 11.6. The lowest BCUT2D eigenvalue weighted by atomic mass is 9.87. The summed E-state index contributed by atoms with van der Waals surface area (Å²) in [6, 6.07) is 10.8. The van der Waals surface area contributed by atoms with Crippen LogP contribution in [0.2, 0.25) is 0 Å². The van der Waals surface area contributed by atoms with Crippen molar-refractivity contribution in [3.05, 3.63) is 76.5 Å². The van der Waals surface area contributed by atoms with Crippen molar-refractivity contribution in [1.82, 2.24) is 20.3 Å². The van der Waals surface area contributed by atoms with Crippen LogP contribution in [0.15, 0.2) is 48.5 Å². The van der Waals surface area contributed by atoms with E-state index in [1.54, 1.807) is 7.11 Å². The van der Waals surface area contributed by atoms with Crippen LogP contribution in [0.5, 0.6) is 0 Å². The molecule has 1 aliphatic heterocycles. The molecule has 242 valence electrons. The topological polar surface area (TPSA) is 75.7 Å². The molecule has 0 unspecified atom stereocenters. The number of nitrogens with zero attached hydrogens (tertiary/aromatic N) is 4. The number of morpholine rings is 1. The summed E-state index contributed by atoms with van der Waals surface area (Å²) in [4.78, 5) is 4.14. The molecule has 0 bridgehead atoms. The van der Waals surface area contributed by atoms with Crippen LogP contribution in [0.1, 0.15) is 61.7 Å². The molecule has 1 aromatic heterocycles. The zero-order valence-electron chi connectivity index (χ0n) is 25.2. The first-order valence-electron chi connectivity index (χ1n) is 14.2. The average Bonchev–Trinajstić information content (AvgIpc) is 3.43. The first-order chi connectivity index (χ1) is 20.7. The summed E-state index contributed by atoms with van der Waals surface area (Å²) in [7, 11) is 1.63. The van der Waals surface area contributed by atoms with E-state index in [0.717, 1.165) is 5.56 Å². The van der Waals surface area contributed by atoms with Gasteiger partial charge in [-0.1, -0.05) is 30.3 Å². The lowest BCUT2D eigenvalue weighted by molar-refractivity contribution is -0.217. The third-order valence-corrected chi connectivity index (χ3v) is 7.89. The smallest absolute Gasteiger partial charge is 0.383 e. The molecule has 1 N–H and O–H groups in total. The highest BCUT2D eigenvalue weighted by Gasteiger charge is 2.49. The molecule has 4 rings (SSSR count). The first kappa shape index (κ1) is 33.7. The van der Waals surface area contributed by atoms with Crippen molar-refractivity contribution in [1.29, 1.82) is 0 Å². The molecule has 14 heteroatoms. The molecule has 1 fully saturated rings. The van der Waals surface area contributed by atoms with Gasteiger partial charge in [0.25, 0.3) is 0 Å². The van der Waals surface area contributed by atoms with Crippen LogP contribution in [0, 0.1) is 0 Å². The third-order valence-electron chi connectivity index (χ3n) is 7.89. The van der Waals surface area contributed by atoms with Crippen molar-refractivity contribution >= 4 is 5.82 Å². The molecule has 0 radical (unpaired) electrons. The van der Waals surface area contributed by atoms with Crippen molar-refractivity contribution in [3.63, 3.8) is 0 Å². The van der Waals surface area contributed by atoms with Crippen molar-refractivity contribution in [2.24, 2.45) is 0 Å². The molecule has 2 aromatic carbocycles. The number of halogens is 6. The Morgan fingerprint density at radius 2 is 1.66 bits per heavy atom. The Bertz CT molecular complexity index is 1330. The Kier molecular flexibility index (Phi) is 10.3. The Labute approximate surface area is 252 Å². The molecule has 2 heterocycles. The van der Waals surface area contributed by atoms with E-state index < -0.39 is 41.4 Å². The van der Waals surface area contributed by atoms with Gasteiger partial charge in [0.2, 0.25) is 0 Å². The van der Waals surface area contributed by atoms with Crippen molar-refractivity contribution in [3.8, 4) is 0 Å². The summed E-state index contributed by atoms with van der Waals surface area (Å²) in [5.74, 6) is 0.530. The van der Waals surface area contributed by atoms with Gasteiger partial charge >= 0.3 is 12.4 Å². The minimum atomic E-state index is -4.98. The molecule has 3 atom stereocenters. The standard InChI is InChI=1S/C30H37F6N5O3/c1-19(2)40(11-13-42-5)18-25-26(38-39-37-25)41-12-14-43-27(28(41,4)22-9-7-6-8-10-22)44-20(3)21-15-23(29(31,32)33)17-24(16-21)30(34,35)36/h6-10,15-17,19-20,27H,11-14,18H2,1-5H3,(H,37,38,39)/t20-,27-,28+/m1/s1. The average molecular weight is 630 g/mol. The second-order valence-electron chi connectivity index (χ2n) is 11.1. The summed E-state index contributed by atoms with van der Waals surface area (Å²) in [5.41, 5.74) is -2.82. The highest BCUT2D eigenvalue weighted by atomic mass is 19.4. The van der Waals surface area contributed by atoms with E-state index in [4.69, 9.17) is 14.2 Å². The van der Waals surface area contributed by atoms with Gasteiger partial charge in [-0.3, -0.25) is 4.90 Å². The maximum atomic E-state index is 13.6. The molecule has 0 aliphatic carbocycles. The van der Waals surface area contributed by atoms with Gasteiger partial charge in [0.1, 0.15) is 11.2 Å². The Morgan fingerprint density at radius 1 is 1.02 bits per heavy atom. The number of rotatable bonds is 11. The predicted octanol–water partition coefficient (Wildman–Crippen LogP) is 6.56. The molecule has 1 saturated heterocycles. The molecule has 3 aromatic rings. The Balaban J connectivity index is 1.73. The lowest BCUT2D eigenvalue weighted by Gasteiger charge is -2.50. The number of nitrogens with one attached hydrogen (secondary N) is 1. The zero-order valence-corrected chi connectivity index (χ0v) is 25.2. The van der Waals surface area contributed by atoms with Crippen LogP contribution in [0.25, 0.3) is 0 Å². The normalized spacial score (nSPS) is 20.5. The minimum absolute atomic E-state index is 0.0995. The molecular weight excluding hydrogens is 592 g/mol. The monoisotopic (exact) mass is 629 g/mol. The number of hydrogen-bond donors (Lipinski definition) is 1. The van der Waals surface area contributed by atoms with Crippen LogP contribution in [-0.4, -0.2) is 66.1 Å². The van der Waals surface area contributed by atoms with Gasteiger partial charge in [0.05, 0.1) is 30.4 Å². The van der Waals surface area contributed by atoms with Gasteiger partial charge in [0, 0.05) is 32.8 Å². The fourth-order valence-corrected chi connectivity index (χ4v) is 5.31.